The van der Waals surface area contributed by atoms with Crippen LogP contribution in [0.1, 0.15) is 30.2 Å². The van der Waals surface area contributed by atoms with Gasteiger partial charge in [-0.25, -0.2) is 4.98 Å². The van der Waals surface area contributed by atoms with E-state index in [9.17, 15) is 4.79 Å². The predicted molar refractivity (Wildman–Crippen MR) is 126 cm³/mol. The van der Waals surface area contributed by atoms with E-state index in [2.05, 4.69) is 6.92 Å². The summed E-state index contributed by atoms with van der Waals surface area (Å²) >= 11 is 3.24. The third kappa shape index (κ3) is 4.91. The number of hydrogen-bond acceptors (Lipinski definition) is 7. The van der Waals surface area contributed by atoms with Crippen LogP contribution < -0.4 is 15.0 Å². The van der Waals surface area contributed by atoms with Crippen molar-refractivity contribution >= 4 is 33.3 Å². The van der Waals surface area contributed by atoms with Crippen LogP contribution in [0, 0.1) is 0 Å². The van der Waals surface area contributed by atoms with E-state index in [1.165, 1.54) is 4.88 Å². The summed E-state index contributed by atoms with van der Waals surface area (Å²) in [6, 6.07) is 7.88. The molecule has 31 heavy (non-hydrogen) atoms. The molecule has 8 heteroatoms. The van der Waals surface area contributed by atoms with Gasteiger partial charge in [-0.15, -0.1) is 11.3 Å². The minimum atomic E-state index is 0.0382. The molecule has 0 saturated carbocycles. The molecule has 1 fully saturated rings. The molecule has 1 unspecified atom stereocenters. The van der Waals surface area contributed by atoms with Gasteiger partial charge in [-0.1, -0.05) is 24.8 Å². The molecule has 1 aliphatic heterocycles. The Morgan fingerprint density at radius 3 is 2.81 bits per heavy atom. The van der Waals surface area contributed by atoms with Crippen molar-refractivity contribution in [1.29, 1.82) is 0 Å². The van der Waals surface area contributed by atoms with Gasteiger partial charge in [0.25, 0.3) is 5.56 Å². The molecule has 0 spiro atoms. The van der Waals surface area contributed by atoms with E-state index in [1.807, 2.05) is 28.8 Å². The second kappa shape index (κ2) is 10.1. The summed E-state index contributed by atoms with van der Waals surface area (Å²) < 4.78 is 18.3. The quantitative estimate of drug-likeness (QED) is 0.345. The van der Waals surface area contributed by atoms with Gasteiger partial charge in [-0.3, -0.25) is 9.36 Å². The second-order valence-electron chi connectivity index (χ2n) is 7.52. The Balaban J connectivity index is 1.62. The lowest BCUT2D eigenvalue weighted by molar-refractivity contribution is 0.129. The molecule has 1 atom stereocenters. The Kier molecular flexibility index (Phi) is 7.20. The zero-order valence-corrected chi connectivity index (χ0v) is 19.8. The minimum Gasteiger partial charge on any atom is -0.493 e. The van der Waals surface area contributed by atoms with Gasteiger partial charge in [0.1, 0.15) is 4.83 Å². The maximum Gasteiger partial charge on any atom is 0.262 e. The first-order valence-electron chi connectivity index (χ1n) is 10.6. The molecule has 0 aliphatic carbocycles. The molecule has 3 aromatic rings. The molecule has 1 saturated heterocycles. The van der Waals surface area contributed by atoms with Crippen molar-refractivity contribution in [2.45, 2.75) is 50.4 Å². The molecular formula is C23H28N2O4S2. The number of methoxy groups -OCH3 is 2. The maximum absolute atomic E-state index is 13.4. The third-order valence-electron chi connectivity index (χ3n) is 5.51. The Morgan fingerprint density at radius 2 is 2.10 bits per heavy atom. The number of thioether (sulfide) groups is 1. The second-order valence-corrected chi connectivity index (χ2v) is 9.62. The van der Waals surface area contributed by atoms with Crippen molar-refractivity contribution in [2.24, 2.45) is 0 Å². The highest BCUT2D eigenvalue weighted by atomic mass is 32.2. The molecule has 1 aliphatic rings. The van der Waals surface area contributed by atoms with Crippen LogP contribution in [0.25, 0.3) is 10.2 Å². The fourth-order valence-electron chi connectivity index (χ4n) is 3.75. The standard InChI is InChI=1S/C23H28N2O4S2/c1-4-17-13-18-21(31-17)24-23(30-14-16-6-5-11-29-16)25(22(18)26)10-9-15-7-8-19(27-2)20(12-15)28-3/h7-8,12-13,16H,4-6,9-11,14H2,1-3H3. The van der Waals surface area contributed by atoms with E-state index < -0.39 is 0 Å². The number of benzene rings is 1. The van der Waals surface area contributed by atoms with Gasteiger partial charge in [0.05, 0.1) is 25.7 Å². The summed E-state index contributed by atoms with van der Waals surface area (Å²) in [5.74, 6) is 2.21. The summed E-state index contributed by atoms with van der Waals surface area (Å²) in [6.07, 6.45) is 4.03. The average Bonchev–Trinajstić information content (AvgIpc) is 3.46. The normalized spacial score (nSPS) is 16.2. The monoisotopic (exact) mass is 460 g/mol. The number of rotatable bonds is 9. The molecule has 4 rings (SSSR count). The van der Waals surface area contributed by atoms with Gasteiger partial charge in [-0.2, -0.15) is 0 Å². The van der Waals surface area contributed by atoms with Crippen LogP contribution >= 0.6 is 23.1 Å². The van der Waals surface area contributed by atoms with E-state index >= 15 is 0 Å². The third-order valence-corrected chi connectivity index (χ3v) is 7.79. The number of aromatic nitrogens is 2. The van der Waals surface area contributed by atoms with Crippen molar-refractivity contribution in [2.75, 3.05) is 26.6 Å². The van der Waals surface area contributed by atoms with Crippen molar-refractivity contribution in [3.8, 4) is 11.5 Å². The number of aryl methyl sites for hydroxylation is 2. The highest BCUT2D eigenvalue weighted by Gasteiger charge is 2.19. The van der Waals surface area contributed by atoms with E-state index in [4.69, 9.17) is 19.2 Å². The Labute approximate surface area is 190 Å². The van der Waals surface area contributed by atoms with Gasteiger partial charge in [-0.05, 0) is 49.4 Å². The lowest BCUT2D eigenvalue weighted by Gasteiger charge is -2.14. The first-order chi connectivity index (χ1) is 15.1. The SMILES string of the molecule is CCc1cc2c(=O)n(CCc3ccc(OC)c(OC)c3)c(SCC3CCCO3)nc2s1. The lowest BCUT2D eigenvalue weighted by Crippen LogP contribution is -2.24. The summed E-state index contributed by atoms with van der Waals surface area (Å²) in [5.41, 5.74) is 1.12. The maximum atomic E-state index is 13.4. The fourth-order valence-corrected chi connectivity index (χ4v) is 5.85. The molecule has 0 bridgehead atoms. The van der Waals surface area contributed by atoms with E-state index in [1.54, 1.807) is 37.3 Å². The number of fused-ring (bicyclic) bond motifs is 1. The first kappa shape index (κ1) is 22.2. The first-order valence-corrected chi connectivity index (χ1v) is 12.4. The molecule has 1 aromatic carbocycles. The summed E-state index contributed by atoms with van der Waals surface area (Å²) in [7, 11) is 3.26. The van der Waals surface area contributed by atoms with Crippen LogP contribution in [0.4, 0.5) is 0 Å². The summed E-state index contributed by atoms with van der Waals surface area (Å²) in [6.45, 7) is 3.49. The van der Waals surface area contributed by atoms with E-state index in [0.717, 1.165) is 52.6 Å². The topological polar surface area (TPSA) is 62.6 Å². The molecule has 2 aromatic heterocycles. The molecular weight excluding hydrogens is 432 g/mol. The molecule has 0 amide bonds. The highest BCUT2D eigenvalue weighted by Crippen LogP contribution is 2.29. The van der Waals surface area contributed by atoms with E-state index in [-0.39, 0.29) is 11.7 Å². The van der Waals surface area contributed by atoms with Crippen molar-refractivity contribution in [3.63, 3.8) is 0 Å². The summed E-state index contributed by atoms with van der Waals surface area (Å²) in [5, 5.41) is 1.49. The Morgan fingerprint density at radius 1 is 1.26 bits per heavy atom. The van der Waals surface area contributed by atoms with Gasteiger partial charge in [0.15, 0.2) is 16.7 Å². The predicted octanol–water partition coefficient (Wildman–Crippen LogP) is 4.55. The number of ether oxygens (including phenoxy) is 3. The zero-order chi connectivity index (χ0) is 21.8. The highest BCUT2D eigenvalue weighted by molar-refractivity contribution is 7.99. The van der Waals surface area contributed by atoms with Crippen molar-refractivity contribution < 1.29 is 14.2 Å². The Bertz CT molecular complexity index is 1100. The zero-order valence-electron chi connectivity index (χ0n) is 18.2. The van der Waals surface area contributed by atoms with Crippen LogP contribution in [-0.4, -0.2) is 42.2 Å². The largest absolute Gasteiger partial charge is 0.493 e. The average molecular weight is 461 g/mol. The molecule has 0 N–H and O–H groups in total. The lowest BCUT2D eigenvalue weighted by atomic mass is 10.1. The summed E-state index contributed by atoms with van der Waals surface area (Å²) in [4.78, 5) is 20.3. The molecule has 6 nitrogen and oxygen atoms in total. The molecule has 0 radical (unpaired) electrons. The van der Waals surface area contributed by atoms with Crippen LogP contribution in [0.2, 0.25) is 0 Å². The fraction of sp³-hybridized carbons (Fsp3) is 0.478. The van der Waals surface area contributed by atoms with E-state index in [0.29, 0.717) is 24.5 Å². The minimum absolute atomic E-state index is 0.0382. The number of thiophene rings is 1. The van der Waals surface area contributed by atoms with Crippen molar-refractivity contribution in [1.82, 2.24) is 9.55 Å². The molecule has 3 heterocycles. The number of nitrogens with zero attached hydrogens (tertiary/aromatic N) is 2. The number of hydrogen-bond donors (Lipinski definition) is 0. The van der Waals surface area contributed by atoms with Gasteiger partial charge >= 0.3 is 0 Å². The van der Waals surface area contributed by atoms with Gasteiger partial charge < -0.3 is 14.2 Å². The van der Waals surface area contributed by atoms with Crippen LogP contribution in [0.3, 0.4) is 0 Å². The van der Waals surface area contributed by atoms with Crippen LogP contribution in [-0.2, 0) is 24.1 Å². The van der Waals surface area contributed by atoms with Gasteiger partial charge in [0, 0.05) is 23.8 Å². The smallest absolute Gasteiger partial charge is 0.262 e. The van der Waals surface area contributed by atoms with Gasteiger partial charge in [0.2, 0.25) is 0 Å². The molecule has 166 valence electrons. The van der Waals surface area contributed by atoms with Crippen molar-refractivity contribution in [3.05, 3.63) is 45.1 Å². The van der Waals surface area contributed by atoms with Crippen LogP contribution in [0.15, 0.2) is 34.2 Å². The van der Waals surface area contributed by atoms with Crippen LogP contribution in [0.5, 0.6) is 11.5 Å². The Hall–Kier alpha value is -2.03.